The summed E-state index contributed by atoms with van der Waals surface area (Å²) in [5.74, 6) is 0.185. The van der Waals surface area contributed by atoms with Gasteiger partial charge in [-0.25, -0.2) is 0 Å². The Labute approximate surface area is 217 Å². The van der Waals surface area contributed by atoms with Crippen LogP contribution in [0.4, 0.5) is 26.3 Å². The number of nitrogens with two attached hydrogens (primary N) is 1. The lowest BCUT2D eigenvalue weighted by Gasteiger charge is -2.38. The van der Waals surface area contributed by atoms with E-state index in [2.05, 4.69) is 4.99 Å². The monoisotopic (exact) mass is 552 g/mol. The molecule has 0 spiro atoms. The summed E-state index contributed by atoms with van der Waals surface area (Å²) in [5.41, 5.74) is 3.06. The van der Waals surface area contributed by atoms with Crippen molar-refractivity contribution in [2.24, 2.45) is 16.6 Å². The first kappa shape index (κ1) is 31.1. The predicted molar refractivity (Wildman–Crippen MR) is 132 cm³/mol. The molecular weight excluding hydrogens is 522 g/mol. The average molecular weight is 553 g/mol. The highest BCUT2D eigenvalue weighted by atomic mass is 35.5. The number of aliphatic imine (C=N–C) groups is 1. The molecule has 2 aromatic rings. The first-order valence-electron chi connectivity index (χ1n) is 11.6. The Morgan fingerprint density at radius 3 is 2.05 bits per heavy atom. The molecular formula is C26H31ClF6N2O2. The second-order valence-electron chi connectivity index (χ2n) is 8.78. The van der Waals surface area contributed by atoms with Crippen LogP contribution in [0.15, 0.2) is 53.5 Å². The summed E-state index contributed by atoms with van der Waals surface area (Å²) in [5, 5.41) is 0. The molecule has 0 aliphatic carbocycles. The zero-order valence-electron chi connectivity index (χ0n) is 20.7. The molecule has 4 nitrogen and oxygen atoms in total. The summed E-state index contributed by atoms with van der Waals surface area (Å²) in [6.07, 6.45) is -9.36. The summed E-state index contributed by atoms with van der Waals surface area (Å²) < 4.78 is 91.1. The summed E-state index contributed by atoms with van der Waals surface area (Å²) in [4.78, 5) is 4.10. The quantitative estimate of drug-likeness (QED) is 0.234. The van der Waals surface area contributed by atoms with Gasteiger partial charge < -0.3 is 20.2 Å². The third-order valence-corrected chi connectivity index (χ3v) is 6.16. The average Bonchev–Trinajstić information content (AvgIpc) is 2.84. The maximum atomic E-state index is 13.2. The van der Waals surface area contributed by atoms with Gasteiger partial charge in [-0.2, -0.15) is 26.3 Å². The maximum Gasteiger partial charge on any atom is 0.416 e. The highest BCUT2D eigenvalue weighted by molar-refractivity contribution is 6.18. The Kier molecular flexibility index (Phi) is 11.4. The fraction of sp³-hybridized carbons (Fsp3) is 0.500. The SMILES string of the molecule is CC(N)CCl.CN=C[C@@H]1CCO[C@H](O[C@H](C)c2cc(C(F)(F)F)cc(C(F)(F)F)c2)C1c1ccccc1. The zero-order chi connectivity index (χ0) is 27.8. The van der Waals surface area contributed by atoms with Crippen LogP contribution in [0.25, 0.3) is 0 Å². The van der Waals surface area contributed by atoms with E-state index in [0.29, 0.717) is 31.0 Å². The van der Waals surface area contributed by atoms with E-state index >= 15 is 0 Å². The van der Waals surface area contributed by atoms with E-state index in [1.165, 1.54) is 6.92 Å². The van der Waals surface area contributed by atoms with Crippen molar-refractivity contribution in [2.75, 3.05) is 19.5 Å². The molecule has 1 fully saturated rings. The third-order valence-electron chi connectivity index (χ3n) is 5.67. The lowest BCUT2D eigenvalue weighted by molar-refractivity contribution is -0.203. The van der Waals surface area contributed by atoms with Crippen LogP contribution in [0.3, 0.4) is 0 Å². The van der Waals surface area contributed by atoms with Crippen molar-refractivity contribution >= 4 is 17.8 Å². The highest BCUT2D eigenvalue weighted by Crippen LogP contribution is 2.41. The molecule has 2 aromatic carbocycles. The Bertz CT molecular complexity index is 967. The lowest BCUT2D eigenvalue weighted by atomic mass is 9.82. The number of hydrogen-bond donors (Lipinski definition) is 1. The van der Waals surface area contributed by atoms with Gasteiger partial charge in [-0.3, -0.25) is 0 Å². The summed E-state index contributed by atoms with van der Waals surface area (Å²) in [6, 6.07) is 10.9. The van der Waals surface area contributed by atoms with Gasteiger partial charge in [0.1, 0.15) is 0 Å². The van der Waals surface area contributed by atoms with E-state index < -0.39 is 35.9 Å². The molecule has 0 saturated carbocycles. The number of benzene rings is 2. The van der Waals surface area contributed by atoms with E-state index in [1.54, 1.807) is 13.3 Å². The fourth-order valence-electron chi connectivity index (χ4n) is 3.86. The lowest BCUT2D eigenvalue weighted by Crippen LogP contribution is -2.38. The van der Waals surface area contributed by atoms with Gasteiger partial charge in [-0.05, 0) is 49.6 Å². The van der Waals surface area contributed by atoms with Crippen LogP contribution in [-0.4, -0.2) is 38.1 Å². The molecule has 1 aliphatic rings. The molecule has 1 aliphatic heterocycles. The summed E-state index contributed by atoms with van der Waals surface area (Å²) in [7, 11) is 1.64. The van der Waals surface area contributed by atoms with E-state index in [0.717, 1.165) is 5.56 Å². The number of ether oxygens (including phenoxy) is 2. The standard InChI is InChI=1S/C23H23F6NO2.C3H8ClN/c1-14(17-10-18(22(24,25)26)12-19(11-17)23(27,28)29)32-21-20(15-6-4-3-5-7-15)16(13-30-2)8-9-31-21;1-3(5)2-4/h3-7,10-14,16,20-21H,8-9H2,1-2H3;3H,2,5H2,1H3/t14-,16+,20?,21-;/m1./s1. The van der Waals surface area contributed by atoms with Crippen LogP contribution >= 0.6 is 11.6 Å². The number of rotatable bonds is 6. The van der Waals surface area contributed by atoms with Gasteiger partial charge in [-0.1, -0.05) is 30.3 Å². The van der Waals surface area contributed by atoms with Crippen molar-refractivity contribution in [1.29, 1.82) is 0 Å². The molecule has 206 valence electrons. The Morgan fingerprint density at radius 1 is 1.05 bits per heavy atom. The van der Waals surface area contributed by atoms with Crippen LogP contribution in [0, 0.1) is 5.92 Å². The van der Waals surface area contributed by atoms with Crippen LogP contribution in [0.5, 0.6) is 0 Å². The van der Waals surface area contributed by atoms with Gasteiger partial charge in [0, 0.05) is 37.0 Å². The number of hydrogen-bond acceptors (Lipinski definition) is 4. The Morgan fingerprint density at radius 2 is 1.59 bits per heavy atom. The summed E-state index contributed by atoms with van der Waals surface area (Å²) >= 11 is 5.21. The van der Waals surface area contributed by atoms with E-state index in [4.69, 9.17) is 26.8 Å². The predicted octanol–water partition coefficient (Wildman–Crippen LogP) is 7.22. The zero-order valence-corrected chi connectivity index (χ0v) is 21.4. The second kappa shape index (κ2) is 13.6. The number of halogens is 7. The van der Waals surface area contributed by atoms with Gasteiger partial charge in [0.05, 0.1) is 23.8 Å². The minimum Gasteiger partial charge on any atom is -0.352 e. The van der Waals surface area contributed by atoms with Crippen LogP contribution in [0.2, 0.25) is 0 Å². The number of alkyl halides is 7. The largest absolute Gasteiger partial charge is 0.416 e. The minimum atomic E-state index is -4.92. The molecule has 5 atom stereocenters. The van der Waals surface area contributed by atoms with Gasteiger partial charge in [0.25, 0.3) is 0 Å². The topological polar surface area (TPSA) is 56.8 Å². The second-order valence-corrected chi connectivity index (χ2v) is 9.09. The molecule has 2 N–H and O–H groups in total. The summed E-state index contributed by atoms with van der Waals surface area (Å²) in [6.45, 7) is 3.61. The minimum absolute atomic E-state index is 0.0550. The van der Waals surface area contributed by atoms with E-state index in [9.17, 15) is 26.3 Å². The molecule has 11 heteroatoms. The molecule has 0 radical (unpaired) electrons. The molecule has 0 aromatic heterocycles. The Hall–Kier alpha value is -2.14. The van der Waals surface area contributed by atoms with Crippen LogP contribution in [-0.2, 0) is 21.8 Å². The smallest absolute Gasteiger partial charge is 0.352 e. The van der Waals surface area contributed by atoms with Crippen molar-refractivity contribution in [3.05, 3.63) is 70.8 Å². The molecule has 1 heterocycles. The maximum absolute atomic E-state index is 13.2. The molecule has 2 unspecified atom stereocenters. The van der Waals surface area contributed by atoms with Gasteiger partial charge in [0.15, 0.2) is 6.29 Å². The van der Waals surface area contributed by atoms with Crippen molar-refractivity contribution in [3.63, 3.8) is 0 Å². The first-order valence-corrected chi connectivity index (χ1v) is 12.2. The molecule has 37 heavy (non-hydrogen) atoms. The third kappa shape index (κ3) is 9.28. The van der Waals surface area contributed by atoms with Crippen molar-refractivity contribution < 1.29 is 35.8 Å². The normalized spacial score (nSPS) is 22.3. The number of nitrogens with zero attached hydrogens (tertiary/aromatic N) is 1. The van der Waals surface area contributed by atoms with E-state index in [-0.39, 0.29) is 29.5 Å². The molecule has 1 saturated heterocycles. The fourth-order valence-corrected chi connectivity index (χ4v) is 3.86. The van der Waals surface area contributed by atoms with Crippen LogP contribution in [0.1, 0.15) is 54.5 Å². The van der Waals surface area contributed by atoms with Crippen molar-refractivity contribution in [2.45, 2.75) is 57.0 Å². The Balaban J connectivity index is 0.000000877. The van der Waals surface area contributed by atoms with Gasteiger partial charge in [0.2, 0.25) is 0 Å². The molecule has 0 bridgehead atoms. The van der Waals surface area contributed by atoms with Crippen molar-refractivity contribution in [1.82, 2.24) is 0 Å². The molecule has 3 rings (SSSR count). The highest BCUT2D eigenvalue weighted by Gasteiger charge is 2.39. The molecule has 0 amide bonds. The van der Waals surface area contributed by atoms with Gasteiger partial charge in [-0.15, -0.1) is 11.6 Å². The van der Waals surface area contributed by atoms with Gasteiger partial charge >= 0.3 is 12.4 Å². The van der Waals surface area contributed by atoms with E-state index in [1.807, 2.05) is 37.3 Å². The van der Waals surface area contributed by atoms with Crippen molar-refractivity contribution in [3.8, 4) is 0 Å². The first-order chi connectivity index (χ1) is 17.3. The van der Waals surface area contributed by atoms with Crippen LogP contribution < -0.4 is 5.73 Å².